The van der Waals surface area contributed by atoms with Crippen molar-refractivity contribution in [2.24, 2.45) is 0 Å². The molecule has 1 fully saturated rings. The van der Waals surface area contributed by atoms with Crippen LogP contribution in [-0.4, -0.2) is 49.8 Å². The van der Waals surface area contributed by atoms with Gasteiger partial charge in [-0.2, -0.15) is 4.31 Å². The molecule has 5 nitrogen and oxygen atoms in total. The molecule has 1 aliphatic rings. The average molecular weight is 332 g/mol. The Morgan fingerprint density at radius 1 is 1.29 bits per heavy atom. The van der Waals surface area contributed by atoms with Gasteiger partial charge in [0.1, 0.15) is 0 Å². The fourth-order valence-electron chi connectivity index (χ4n) is 2.46. The molecule has 0 amide bonds. The van der Waals surface area contributed by atoms with E-state index in [0.29, 0.717) is 35.9 Å². The molecule has 1 aromatic carbocycles. The summed E-state index contributed by atoms with van der Waals surface area (Å²) in [5, 5.41) is 0.410. The number of aryl methyl sites for hydroxylation is 1. The van der Waals surface area contributed by atoms with Gasteiger partial charge < -0.3 is 5.73 Å². The summed E-state index contributed by atoms with van der Waals surface area (Å²) in [4.78, 5) is 2.38. The van der Waals surface area contributed by atoms with Gasteiger partial charge in [-0.25, -0.2) is 8.42 Å². The Kier molecular flexibility index (Phi) is 4.28. The number of rotatable bonds is 2. The molecule has 1 aliphatic heterocycles. The van der Waals surface area contributed by atoms with E-state index in [2.05, 4.69) is 4.90 Å². The highest BCUT2D eigenvalue weighted by Crippen LogP contribution is 2.30. The predicted octanol–water partition coefficient (Wildman–Crippen LogP) is 1.95. The Balaban J connectivity index is 2.39. The van der Waals surface area contributed by atoms with E-state index in [1.54, 1.807) is 13.0 Å². The summed E-state index contributed by atoms with van der Waals surface area (Å²) in [6.07, 6.45) is 0. The van der Waals surface area contributed by atoms with Gasteiger partial charge >= 0.3 is 0 Å². The van der Waals surface area contributed by atoms with Crippen molar-refractivity contribution in [3.63, 3.8) is 0 Å². The van der Waals surface area contributed by atoms with Crippen molar-refractivity contribution in [1.82, 2.24) is 9.21 Å². The second kappa shape index (κ2) is 5.43. The van der Waals surface area contributed by atoms with E-state index >= 15 is 0 Å². The van der Waals surface area contributed by atoms with Gasteiger partial charge in [-0.3, -0.25) is 4.90 Å². The number of sulfonamides is 1. The van der Waals surface area contributed by atoms with Crippen LogP contribution in [0.4, 0.5) is 5.69 Å². The lowest BCUT2D eigenvalue weighted by Crippen LogP contribution is -2.58. The second-order valence-electron chi connectivity index (χ2n) is 6.22. The molecule has 2 N–H and O–H groups in total. The fourth-order valence-corrected chi connectivity index (χ4v) is 4.28. The number of benzene rings is 1. The van der Waals surface area contributed by atoms with E-state index in [9.17, 15) is 8.42 Å². The maximum Gasteiger partial charge on any atom is 0.243 e. The zero-order valence-corrected chi connectivity index (χ0v) is 14.4. The van der Waals surface area contributed by atoms with Crippen molar-refractivity contribution in [1.29, 1.82) is 0 Å². The molecule has 1 saturated heterocycles. The van der Waals surface area contributed by atoms with Crippen molar-refractivity contribution < 1.29 is 8.42 Å². The van der Waals surface area contributed by atoms with Crippen LogP contribution < -0.4 is 5.73 Å². The molecule has 0 saturated carbocycles. The van der Waals surface area contributed by atoms with E-state index in [1.165, 1.54) is 10.4 Å². The first kappa shape index (κ1) is 16.5. The quantitative estimate of drug-likeness (QED) is 0.841. The lowest BCUT2D eigenvalue weighted by atomic mass is 10.0. The minimum Gasteiger partial charge on any atom is -0.397 e. The maximum absolute atomic E-state index is 12.8. The Hall–Kier alpha value is -0.820. The van der Waals surface area contributed by atoms with Crippen molar-refractivity contribution in [2.75, 3.05) is 32.4 Å². The van der Waals surface area contributed by atoms with Crippen LogP contribution in [0.3, 0.4) is 0 Å². The third kappa shape index (κ3) is 3.04. The third-order valence-corrected chi connectivity index (χ3v) is 6.51. The molecule has 0 bridgehead atoms. The molecule has 1 heterocycles. The van der Waals surface area contributed by atoms with E-state index in [-0.39, 0.29) is 10.4 Å². The molecule has 0 aliphatic carbocycles. The van der Waals surface area contributed by atoms with E-state index in [0.717, 1.165) is 0 Å². The largest absolute Gasteiger partial charge is 0.397 e. The molecule has 0 radical (unpaired) electrons. The zero-order chi connectivity index (χ0) is 16.0. The Morgan fingerprint density at radius 2 is 1.90 bits per heavy atom. The van der Waals surface area contributed by atoms with Crippen LogP contribution in [0.2, 0.25) is 5.02 Å². The highest BCUT2D eigenvalue weighted by Gasteiger charge is 2.37. The molecule has 2 rings (SSSR count). The van der Waals surface area contributed by atoms with E-state index in [4.69, 9.17) is 17.3 Å². The van der Waals surface area contributed by atoms with Crippen molar-refractivity contribution >= 4 is 27.3 Å². The van der Waals surface area contributed by atoms with Crippen LogP contribution in [0.15, 0.2) is 17.0 Å². The normalized spacial score (nSPS) is 20.6. The Labute approximate surface area is 131 Å². The van der Waals surface area contributed by atoms with Crippen molar-refractivity contribution in [3.05, 3.63) is 22.7 Å². The number of anilines is 1. The fraction of sp³-hybridized carbons (Fsp3) is 0.571. The number of hydrogen-bond donors (Lipinski definition) is 1. The zero-order valence-electron chi connectivity index (χ0n) is 12.9. The van der Waals surface area contributed by atoms with Gasteiger partial charge in [0.15, 0.2) is 0 Å². The number of halogens is 1. The number of nitrogens with zero attached hydrogens (tertiary/aromatic N) is 2. The van der Waals surface area contributed by atoms with Gasteiger partial charge in [-0.1, -0.05) is 11.6 Å². The minimum absolute atomic E-state index is 0.196. The smallest absolute Gasteiger partial charge is 0.243 e. The highest BCUT2D eigenvalue weighted by molar-refractivity contribution is 7.89. The summed E-state index contributed by atoms with van der Waals surface area (Å²) in [5.74, 6) is 0. The second-order valence-corrected chi connectivity index (χ2v) is 8.53. The Bertz CT molecular complexity index is 635. The van der Waals surface area contributed by atoms with Crippen LogP contribution in [0.1, 0.15) is 19.4 Å². The number of nitrogens with two attached hydrogens (primary N) is 1. The first-order valence-electron chi connectivity index (χ1n) is 6.83. The lowest BCUT2D eigenvalue weighted by Gasteiger charge is -2.44. The molecular weight excluding hydrogens is 310 g/mol. The van der Waals surface area contributed by atoms with Crippen molar-refractivity contribution in [3.8, 4) is 0 Å². The summed E-state index contributed by atoms with van der Waals surface area (Å²) in [6, 6.07) is 3.02. The van der Waals surface area contributed by atoms with E-state index < -0.39 is 10.0 Å². The number of piperazine rings is 1. The molecule has 7 heteroatoms. The number of nitrogen functional groups attached to an aromatic ring is 1. The first-order valence-corrected chi connectivity index (χ1v) is 8.64. The first-order chi connectivity index (χ1) is 9.55. The van der Waals surface area contributed by atoms with Crippen LogP contribution in [0.5, 0.6) is 0 Å². The van der Waals surface area contributed by atoms with E-state index in [1.807, 2.05) is 20.9 Å². The highest BCUT2D eigenvalue weighted by atomic mass is 35.5. The van der Waals surface area contributed by atoms with Crippen LogP contribution in [-0.2, 0) is 10.0 Å². The average Bonchev–Trinajstić information content (AvgIpc) is 2.38. The number of likely N-dealkylation sites (N-methyl/N-ethyl adjacent to an activating group) is 1. The molecule has 0 spiro atoms. The minimum atomic E-state index is -3.55. The maximum atomic E-state index is 12.8. The van der Waals surface area contributed by atoms with Crippen molar-refractivity contribution in [2.45, 2.75) is 31.2 Å². The molecular formula is C14H22ClN3O2S. The summed E-state index contributed by atoms with van der Waals surface area (Å²) in [6.45, 7) is 7.46. The molecule has 0 aromatic heterocycles. The summed E-state index contributed by atoms with van der Waals surface area (Å²) in [7, 11) is -1.54. The van der Waals surface area contributed by atoms with Gasteiger partial charge in [0.25, 0.3) is 0 Å². The lowest BCUT2D eigenvalue weighted by molar-refractivity contribution is 0.0801. The topological polar surface area (TPSA) is 66.6 Å². The molecule has 118 valence electrons. The summed E-state index contributed by atoms with van der Waals surface area (Å²) in [5.41, 5.74) is 6.57. The van der Waals surface area contributed by atoms with Gasteiger partial charge in [0.05, 0.1) is 15.6 Å². The van der Waals surface area contributed by atoms with Gasteiger partial charge in [-0.15, -0.1) is 0 Å². The standard InChI is InChI=1S/C14H22ClN3O2S/c1-10-7-11(8-12(16)13(10)15)21(19,20)18-6-5-17(4)14(2,3)9-18/h7-8H,5-6,9,16H2,1-4H3. The number of hydrogen-bond acceptors (Lipinski definition) is 4. The monoisotopic (exact) mass is 331 g/mol. The van der Waals surface area contributed by atoms with Gasteiger partial charge in [-0.05, 0) is 45.5 Å². The third-order valence-electron chi connectivity index (χ3n) is 4.18. The Morgan fingerprint density at radius 3 is 2.43 bits per heavy atom. The molecule has 21 heavy (non-hydrogen) atoms. The summed E-state index contributed by atoms with van der Waals surface area (Å²) < 4.78 is 27.1. The molecule has 1 aromatic rings. The molecule has 0 atom stereocenters. The molecule has 0 unspecified atom stereocenters. The van der Waals surface area contributed by atoms with Gasteiger partial charge in [0.2, 0.25) is 10.0 Å². The van der Waals surface area contributed by atoms with Crippen LogP contribution >= 0.6 is 11.6 Å². The van der Waals surface area contributed by atoms with Crippen LogP contribution in [0.25, 0.3) is 0 Å². The van der Waals surface area contributed by atoms with Crippen LogP contribution in [0, 0.1) is 6.92 Å². The summed E-state index contributed by atoms with van der Waals surface area (Å²) >= 11 is 6.01. The SMILES string of the molecule is Cc1cc(S(=O)(=O)N2CCN(C)C(C)(C)C2)cc(N)c1Cl. The van der Waals surface area contributed by atoms with Gasteiger partial charge in [0, 0.05) is 25.2 Å². The predicted molar refractivity (Wildman–Crippen MR) is 86.1 cm³/mol.